The maximum atomic E-state index is 12.0. The summed E-state index contributed by atoms with van der Waals surface area (Å²) in [5, 5.41) is 9.57. The van der Waals surface area contributed by atoms with Gasteiger partial charge in [0.25, 0.3) is 0 Å². The van der Waals surface area contributed by atoms with Crippen LogP contribution in [0, 0.1) is 0 Å². The van der Waals surface area contributed by atoms with Crippen molar-refractivity contribution in [3.63, 3.8) is 0 Å². The van der Waals surface area contributed by atoms with Crippen LogP contribution in [0.1, 0.15) is 13.8 Å². The Bertz CT molecular complexity index is 1010. The maximum Gasteiger partial charge on any atom is 0.411 e. The highest BCUT2D eigenvalue weighted by atomic mass is 32.2. The van der Waals surface area contributed by atoms with Gasteiger partial charge in [-0.05, 0) is 42.3 Å². The lowest BCUT2D eigenvalue weighted by Gasteiger charge is -2.39. The average molecular weight is 388 g/mol. The molecule has 3 rings (SSSR count). The molecule has 0 aliphatic carbocycles. The van der Waals surface area contributed by atoms with Crippen LogP contribution in [0.2, 0.25) is 0 Å². The van der Waals surface area contributed by atoms with E-state index in [0.717, 1.165) is 17.4 Å². The highest BCUT2D eigenvalue weighted by molar-refractivity contribution is 7.90. The van der Waals surface area contributed by atoms with Crippen molar-refractivity contribution in [1.82, 2.24) is 0 Å². The third kappa shape index (κ3) is 3.52. The number of hydrogen-bond acceptors (Lipinski definition) is 4. The van der Waals surface area contributed by atoms with Crippen LogP contribution in [0.3, 0.4) is 0 Å². The molecule has 7 nitrogen and oxygen atoms in total. The molecule has 0 bridgehead atoms. The molecule has 2 aromatic rings. The summed E-state index contributed by atoms with van der Waals surface area (Å²) >= 11 is 0. The van der Waals surface area contributed by atoms with Crippen molar-refractivity contribution in [3.05, 3.63) is 42.5 Å². The largest absolute Gasteiger partial charge is 0.465 e. The molecular weight excluding hydrogens is 368 g/mol. The van der Waals surface area contributed by atoms with Crippen molar-refractivity contribution in [2.24, 2.45) is 0 Å². The summed E-state index contributed by atoms with van der Waals surface area (Å²) < 4.78 is 23.2. The molecule has 0 aromatic heterocycles. The number of fused-ring (bicyclic) bond motifs is 1. The van der Waals surface area contributed by atoms with Gasteiger partial charge < -0.3 is 10.0 Å². The number of carboxylic acid groups (broad SMARTS) is 1. The standard InChI is InChI=1S/C19H20N2O5S/c1-12-11-20(19(23)24)18-10-15(6-9-17(18)21(12)13(2)22)14-4-7-16(8-5-14)27(3,25)26/h4-10,12H,11H2,1-3H3,(H,23,24)/t12-/m0/s1. The molecule has 142 valence electrons. The molecule has 8 heteroatoms. The van der Waals surface area contributed by atoms with E-state index in [2.05, 4.69) is 0 Å². The second-order valence-corrected chi connectivity index (χ2v) is 8.65. The van der Waals surface area contributed by atoms with Gasteiger partial charge in [-0.3, -0.25) is 9.69 Å². The fourth-order valence-corrected chi connectivity index (χ4v) is 3.99. The van der Waals surface area contributed by atoms with E-state index >= 15 is 0 Å². The zero-order chi connectivity index (χ0) is 19.9. The zero-order valence-corrected chi connectivity index (χ0v) is 16.0. The number of amides is 2. The fourth-order valence-electron chi connectivity index (χ4n) is 3.36. The Balaban J connectivity index is 2.10. The minimum absolute atomic E-state index is 0.154. The minimum Gasteiger partial charge on any atom is -0.465 e. The van der Waals surface area contributed by atoms with E-state index in [4.69, 9.17) is 0 Å². The Morgan fingerprint density at radius 1 is 1.04 bits per heavy atom. The van der Waals surface area contributed by atoms with E-state index in [1.54, 1.807) is 42.2 Å². The van der Waals surface area contributed by atoms with Gasteiger partial charge >= 0.3 is 6.09 Å². The highest BCUT2D eigenvalue weighted by Crippen LogP contribution is 2.39. The third-order valence-electron chi connectivity index (χ3n) is 4.60. The number of sulfone groups is 1. The molecule has 1 heterocycles. The van der Waals surface area contributed by atoms with E-state index < -0.39 is 15.9 Å². The predicted molar refractivity (Wildman–Crippen MR) is 103 cm³/mol. The number of benzene rings is 2. The first kappa shape index (κ1) is 18.9. The van der Waals surface area contributed by atoms with Gasteiger partial charge in [0.2, 0.25) is 5.91 Å². The van der Waals surface area contributed by atoms with Gasteiger partial charge in [0.1, 0.15) is 0 Å². The molecule has 1 N–H and O–H groups in total. The number of nitrogens with zero attached hydrogens (tertiary/aromatic N) is 2. The van der Waals surface area contributed by atoms with E-state index in [-0.39, 0.29) is 23.4 Å². The van der Waals surface area contributed by atoms with Crippen LogP contribution in [-0.4, -0.2) is 44.4 Å². The molecule has 0 spiro atoms. The number of anilines is 2. The van der Waals surface area contributed by atoms with Crippen molar-refractivity contribution in [2.75, 3.05) is 22.6 Å². The van der Waals surface area contributed by atoms with Crippen LogP contribution in [0.4, 0.5) is 16.2 Å². The summed E-state index contributed by atoms with van der Waals surface area (Å²) in [6.45, 7) is 3.44. The Morgan fingerprint density at radius 3 is 2.15 bits per heavy atom. The number of hydrogen-bond donors (Lipinski definition) is 1. The lowest BCUT2D eigenvalue weighted by Crippen LogP contribution is -2.51. The van der Waals surface area contributed by atoms with Crippen molar-refractivity contribution in [3.8, 4) is 11.1 Å². The van der Waals surface area contributed by atoms with Crippen LogP contribution in [0.5, 0.6) is 0 Å². The molecule has 1 aliphatic rings. The first-order valence-corrected chi connectivity index (χ1v) is 10.2. The summed E-state index contributed by atoms with van der Waals surface area (Å²) in [7, 11) is -3.29. The Hall–Kier alpha value is -2.87. The van der Waals surface area contributed by atoms with Crippen molar-refractivity contribution in [1.29, 1.82) is 0 Å². The monoisotopic (exact) mass is 388 g/mol. The molecule has 1 atom stereocenters. The van der Waals surface area contributed by atoms with Crippen LogP contribution in [-0.2, 0) is 14.6 Å². The van der Waals surface area contributed by atoms with E-state index in [1.807, 2.05) is 0 Å². The molecular formula is C19H20N2O5S. The average Bonchev–Trinajstić information content (AvgIpc) is 2.59. The summed E-state index contributed by atoms with van der Waals surface area (Å²) in [5.41, 5.74) is 2.46. The summed E-state index contributed by atoms with van der Waals surface area (Å²) in [6.07, 6.45) is 0.0549. The van der Waals surface area contributed by atoms with Crippen molar-refractivity contribution < 1.29 is 23.1 Å². The van der Waals surface area contributed by atoms with E-state index in [9.17, 15) is 23.1 Å². The van der Waals surface area contributed by atoms with Gasteiger partial charge in [0.05, 0.1) is 22.3 Å². The normalized spacial score (nSPS) is 16.8. The second kappa shape index (κ2) is 6.70. The van der Waals surface area contributed by atoms with Gasteiger partial charge in [0, 0.05) is 19.7 Å². The number of carbonyl (C=O) groups is 2. The molecule has 0 saturated heterocycles. The Morgan fingerprint density at radius 2 is 1.63 bits per heavy atom. The smallest absolute Gasteiger partial charge is 0.411 e. The molecule has 0 fully saturated rings. The van der Waals surface area contributed by atoms with Crippen molar-refractivity contribution >= 4 is 33.2 Å². The van der Waals surface area contributed by atoms with Crippen molar-refractivity contribution in [2.45, 2.75) is 24.8 Å². The third-order valence-corrected chi connectivity index (χ3v) is 5.73. The molecule has 0 radical (unpaired) electrons. The predicted octanol–water partition coefficient (Wildman–Crippen LogP) is 3.00. The molecule has 27 heavy (non-hydrogen) atoms. The second-order valence-electron chi connectivity index (χ2n) is 6.63. The topological polar surface area (TPSA) is 95.0 Å². The number of carbonyl (C=O) groups excluding carboxylic acids is 1. The molecule has 0 saturated carbocycles. The quantitative estimate of drug-likeness (QED) is 0.853. The van der Waals surface area contributed by atoms with Gasteiger partial charge in [0.15, 0.2) is 9.84 Å². The fraction of sp³-hybridized carbons (Fsp3) is 0.263. The number of rotatable bonds is 2. The SMILES string of the molecule is CC(=O)N1c2ccc(-c3ccc(S(C)(=O)=O)cc3)cc2N(C(=O)O)C[C@@H]1C. The van der Waals surface area contributed by atoms with Crippen LogP contribution in [0.25, 0.3) is 11.1 Å². The molecule has 0 unspecified atom stereocenters. The van der Waals surface area contributed by atoms with Gasteiger partial charge in [-0.15, -0.1) is 0 Å². The molecule has 2 aromatic carbocycles. The van der Waals surface area contributed by atoms with E-state index in [1.165, 1.54) is 24.0 Å². The maximum absolute atomic E-state index is 12.0. The van der Waals surface area contributed by atoms with Crippen LogP contribution >= 0.6 is 0 Å². The van der Waals surface area contributed by atoms with Crippen LogP contribution < -0.4 is 9.80 Å². The lowest BCUT2D eigenvalue weighted by atomic mass is 10.0. The first-order valence-electron chi connectivity index (χ1n) is 8.34. The minimum atomic E-state index is -3.29. The zero-order valence-electron chi connectivity index (χ0n) is 15.2. The summed E-state index contributed by atoms with van der Waals surface area (Å²) in [5.74, 6) is -0.154. The van der Waals surface area contributed by atoms with Gasteiger partial charge in [-0.1, -0.05) is 18.2 Å². The lowest BCUT2D eigenvalue weighted by molar-refractivity contribution is -0.117. The Labute approximate surface area is 157 Å². The van der Waals surface area contributed by atoms with Gasteiger partial charge in [-0.25, -0.2) is 13.2 Å². The van der Waals surface area contributed by atoms with Crippen LogP contribution in [0.15, 0.2) is 47.4 Å². The van der Waals surface area contributed by atoms with Gasteiger partial charge in [-0.2, -0.15) is 0 Å². The summed E-state index contributed by atoms with van der Waals surface area (Å²) in [4.78, 5) is 26.8. The molecule has 1 aliphatic heterocycles. The first-order chi connectivity index (χ1) is 12.6. The molecule has 2 amide bonds. The van der Waals surface area contributed by atoms with E-state index in [0.29, 0.717) is 11.4 Å². The Kier molecular flexibility index (Phi) is 4.69. The highest BCUT2D eigenvalue weighted by Gasteiger charge is 2.33. The summed E-state index contributed by atoms with van der Waals surface area (Å²) in [6, 6.07) is 11.3.